The van der Waals surface area contributed by atoms with Crippen molar-refractivity contribution in [1.82, 2.24) is 0 Å². The molecule has 0 radical (unpaired) electrons. The molecule has 6 rings (SSSR count). The second-order valence-electron chi connectivity index (χ2n) is 11.2. The van der Waals surface area contributed by atoms with Crippen LogP contribution < -0.4 is 4.74 Å². The molecule has 4 fully saturated rings. The first kappa shape index (κ1) is 25.9. The van der Waals surface area contributed by atoms with Gasteiger partial charge in [0.15, 0.2) is 0 Å². The third-order valence-electron chi connectivity index (χ3n) is 8.69. The average Bonchev–Trinajstić information content (AvgIpc) is 2.85. The molecule has 0 atom stereocenters. The van der Waals surface area contributed by atoms with Crippen molar-refractivity contribution in [1.29, 1.82) is 0 Å². The Bertz CT molecular complexity index is 1150. The van der Waals surface area contributed by atoms with Gasteiger partial charge in [0.2, 0.25) is 0 Å². The molecule has 0 N–H and O–H groups in total. The molecule has 0 aromatic heterocycles. The first-order valence-corrected chi connectivity index (χ1v) is 13.4. The molecule has 0 spiro atoms. The van der Waals surface area contributed by atoms with E-state index in [0.29, 0.717) is 12.8 Å². The molecule has 6 heteroatoms. The van der Waals surface area contributed by atoms with E-state index < -0.39 is 17.7 Å². The molecule has 4 saturated carbocycles. The Morgan fingerprint density at radius 3 is 2.30 bits per heavy atom. The van der Waals surface area contributed by atoms with E-state index in [0.717, 1.165) is 35.6 Å². The molecule has 2 aromatic rings. The van der Waals surface area contributed by atoms with Gasteiger partial charge in [-0.05, 0) is 122 Å². The number of ether oxygens (including phenoxy) is 2. The van der Waals surface area contributed by atoms with E-state index in [1.54, 1.807) is 20.1 Å². The topological polar surface area (TPSA) is 35.5 Å². The van der Waals surface area contributed by atoms with Crippen molar-refractivity contribution in [3.63, 3.8) is 0 Å². The molecule has 0 heterocycles. The van der Waals surface area contributed by atoms with E-state index in [9.17, 15) is 18.0 Å². The predicted octanol–water partition coefficient (Wildman–Crippen LogP) is 7.76. The molecule has 198 valence electrons. The van der Waals surface area contributed by atoms with Crippen molar-refractivity contribution in [3.8, 4) is 5.75 Å². The van der Waals surface area contributed by atoms with Crippen LogP contribution in [-0.4, -0.2) is 19.7 Å². The van der Waals surface area contributed by atoms with Gasteiger partial charge in [0.1, 0.15) is 5.75 Å². The maximum atomic E-state index is 13.3. The zero-order valence-electron chi connectivity index (χ0n) is 21.6. The minimum absolute atomic E-state index is 0.157. The summed E-state index contributed by atoms with van der Waals surface area (Å²) in [4.78, 5) is 12.7. The van der Waals surface area contributed by atoms with Gasteiger partial charge < -0.3 is 9.47 Å². The first-order chi connectivity index (χ1) is 17.7. The Kier molecular flexibility index (Phi) is 7.12. The fourth-order valence-electron chi connectivity index (χ4n) is 7.60. The second kappa shape index (κ2) is 10.2. The minimum Gasteiger partial charge on any atom is -0.497 e. The van der Waals surface area contributed by atoms with Gasteiger partial charge in [-0.25, -0.2) is 4.79 Å². The lowest BCUT2D eigenvalue weighted by Crippen LogP contribution is -2.48. The largest absolute Gasteiger partial charge is 0.497 e. The summed E-state index contributed by atoms with van der Waals surface area (Å²) in [5, 5.41) is 0. The van der Waals surface area contributed by atoms with Crippen LogP contribution in [0.3, 0.4) is 0 Å². The van der Waals surface area contributed by atoms with Gasteiger partial charge in [-0.15, -0.1) is 0 Å². The van der Waals surface area contributed by atoms with Crippen molar-refractivity contribution in [2.45, 2.75) is 69.9 Å². The molecule has 4 bridgehead atoms. The summed E-state index contributed by atoms with van der Waals surface area (Å²) in [6, 6.07) is 11.2. The highest BCUT2D eigenvalue weighted by molar-refractivity contribution is 6.16. The lowest BCUT2D eigenvalue weighted by atomic mass is 9.47. The number of rotatable bonds is 8. The Balaban J connectivity index is 1.44. The smallest absolute Gasteiger partial charge is 0.416 e. The number of benzene rings is 2. The molecular formula is C31H35F3O3. The van der Waals surface area contributed by atoms with Crippen LogP contribution in [0.1, 0.15) is 74.1 Å². The summed E-state index contributed by atoms with van der Waals surface area (Å²) >= 11 is 0. The van der Waals surface area contributed by atoms with E-state index in [1.165, 1.54) is 61.8 Å². The SMILES string of the molecule is CCOC(=O)C(=CCCc1ccc(OC)cc1C12CC3CC(CC(C3)C1)C2)c1cccc(C(F)(F)F)c1. The number of hydrogen-bond donors (Lipinski definition) is 0. The normalized spacial score (nSPS) is 26.8. The number of alkyl halides is 3. The van der Waals surface area contributed by atoms with Gasteiger partial charge in [-0.3, -0.25) is 0 Å². The van der Waals surface area contributed by atoms with Crippen LogP contribution in [0.5, 0.6) is 5.75 Å². The Labute approximate surface area is 217 Å². The molecule has 0 unspecified atom stereocenters. The molecule has 0 aliphatic heterocycles. The highest BCUT2D eigenvalue weighted by Gasteiger charge is 2.52. The number of halogens is 3. The molecule has 3 nitrogen and oxygen atoms in total. The van der Waals surface area contributed by atoms with Gasteiger partial charge >= 0.3 is 12.1 Å². The Morgan fingerprint density at radius 1 is 1.03 bits per heavy atom. The second-order valence-corrected chi connectivity index (χ2v) is 11.2. The zero-order chi connectivity index (χ0) is 26.2. The first-order valence-electron chi connectivity index (χ1n) is 13.4. The van der Waals surface area contributed by atoms with Crippen molar-refractivity contribution >= 4 is 11.5 Å². The standard InChI is InChI=1S/C31H35F3O3/c1-3-37-29(35)27(24-7-4-8-25(15-24)31(32,33)34)9-5-6-23-10-11-26(36-2)16-28(23)30-17-20-12-21(18-30)14-22(13-20)19-30/h4,7-11,15-16,20-22H,3,5-6,12-14,17-19H2,1-2H3. The fourth-order valence-corrected chi connectivity index (χ4v) is 7.60. The third kappa shape index (κ3) is 5.30. The van der Waals surface area contributed by atoms with E-state index in [-0.39, 0.29) is 23.2 Å². The Morgan fingerprint density at radius 2 is 1.70 bits per heavy atom. The number of allylic oxidation sites excluding steroid dienone is 1. The van der Waals surface area contributed by atoms with Gasteiger partial charge in [-0.1, -0.05) is 24.3 Å². The van der Waals surface area contributed by atoms with Crippen LogP contribution in [0.25, 0.3) is 5.57 Å². The number of carbonyl (C=O) groups is 1. The quantitative estimate of drug-likeness (QED) is 0.268. The summed E-state index contributed by atoms with van der Waals surface area (Å²) < 4.78 is 50.8. The average molecular weight is 513 g/mol. The maximum Gasteiger partial charge on any atom is 0.416 e. The van der Waals surface area contributed by atoms with Crippen LogP contribution in [0, 0.1) is 17.8 Å². The molecular weight excluding hydrogens is 477 g/mol. The van der Waals surface area contributed by atoms with E-state index in [4.69, 9.17) is 9.47 Å². The maximum absolute atomic E-state index is 13.3. The van der Waals surface area contributed by atoms with Crippen molar-refractivity contribution < 1.29 is 27.4 Å². The number of hydrogen-bond acceptors (Lipinski definition) is 3. The molecule has 4 aliphatic carbocycles. The fraction of sp³-hybridized carbons (Fsp3) is 0.516. The monoisotopic (exact) mass is 512 g/mol. The summed E-state index contributed by atoms with van der Waals surface area (Å²) in [5.74, 6) is 2.68. The van der Waals surface area contributed by atoms with Crippen molar-refractivity contribution in [2.75, 3.05) is 13.7 Å². The zero-order valence-corrected chi connectivity index (χ0v) is 21.6. The van der Waals surface area contributed by atoms with Crippen LogP contribution in [-0.2, 0) is 27.5 Å². The lowest BCUT2D eigenvalue weighted by molar-refractivity contribution is -0.138. The highest BCUT2D eigenvalue weighted by Crippen LogP contribution is 2.61. The van der Waals surface area contributed by atoms with E-state index in [2.05, 4.69) is 12.1 Å². The van der Waals surface area contributed by atoms with E-state index in [1.807, 2.05) is 6.07 Å². The number of aryl methyl sites for hydroxylation is 1. The van der Waals surface area contributed by atoms with Crippen LogP contribution in [0.15, 0.2) is 48.5 Å². The summed E-state index contributed by atoms with van der Waals surface area (Å²) in [6.45, 7) is 1.85. The minimum atomic E-state index is -4.48. The number of methoxy groups -OCH3 is 1. The Hall–Kier alpha value is -2.76. The van der Waals surface area contributed by atoms with Crippen molar-refractivity contribution in [2.24, 2.45) is 17.8 Å². The predicted molar refractivity (Wildman–Crippen MR) is 137 cm³/mol. The summed E-state index contributed by atoms with van der Waals surface area (Å²) in [7, 11) is 1.70. The highest BCUT2D eigenvalue weighted by atomic mass is 19.4. The molecule has 37 heavy (non-hydrogen) atoms. The van der Waals surface area contributed by atoms with Crippen LogP contribution >= 0.6 is 0 Å². The van der Waals surface area contributed by atoms with E-state index >= 15 is 0 Å². The lowest BCUT2D eigenvalue weighted by Gasteiger charge is -2.57. The number of esters is 1. The molecule has 2 aromatic carbocycles. The number of carbonyl (C=O) groups excluding carboxylic acids is 1. The molecule has 0 saturated heterocycles. The third-order valence-corrected chi connectivity index (χ3v) is 8.69. The summed E-state index contributed by atoms with van der Waals surface area (Å²) in [6.07, 6.45) is 6.25. The van der Waals surface area contributed by atoms with Crippen molar-refractivity contribution in [3.05, 3.63) is 70.8 Å². The molecule has 4 aliphatic rings. The molecule has 0 amide bonds. The van der Waals surface area contributed by atoms with Gasteiger partial charge in [0, 0.05) is 0 Å². The van der Waals surface area contributed by atoms with Gasteiger partial charge in [0.05, 0.1) is 24.9 Å². The van der Waals surface area contributed by atoms with Crippen LogP contribution in [0.4, 0.5) is 13.2 Å². The van der Waals surface area contributed by atoms with Crippen LogP contribution in [0.2, 0.25) is 0 Å². The van der Waals surface area contributed by atoms with Gasteiger partial charge in [-0.2, -0.15) is 13.2 Å². The summed E-state index contributed by atoms with van der Waals surface area (Å²) in [5.41, 5.74) is 2.43. The van der Waals surface area contributed by atoms with Gasteiger partial charge in [0.25, 0.3) is 0 Å².